The molecule has 4 aromatic rings. The van der Waals surface area contributed by atoms with Crippen molar-refractivity contribution in [2.45, 2.75) is 0 Å². The number of fused-ring (bicyclic) bond motifs is 1. The van der Waals surface area contributed by atoms with Gasteiger partial charge >= 0.3 is 0 Å². The van der Waals surface area contributed by atoms with Gasteiger partial charge in [-0.25, -0.2) is 4.98 Å². The molecule has 0 aliphatic carbocycles. The van der Waals surface area contributed by atoms with Crippen molar-refractivity contribution >= 4 is 16.6 Å². The van der Waals surface area contributed by atoms with E-state index in [1.54, 1.807) is 36.5 Å². The third-order valence-electron chi connectivity index (χ3n) is 3.97. The van der Waals surface area contributed by atoms with Gasteiger partial charge in [0.1, 0.15) is 5.69 Å². The third-order valence-corrected chi connectivity index (χ3v) is 3.97. The number of non-ortho nitro benzene ring substituents is 1. The van der Waals surface area contributed by atoms with Crippen LogP contribution in [0.3, 0.4) is 0 Å². The summed E-state index contributed by atoms with van der Waals surface area (Å²) in [4.78, 5) is 32.5. The lowest BCUT2D eigenvalue weighted by atomic mass is 10.2. The van der Waals surface area contributed by atoms with Crippen LogP contribution in [0.4, 0.5) is 5.69 Å². The lowest BCUT2D eigenvalue weighted by Gasteiger charge is -2.13. The molecular formula is C19H12N4O3. The highest BCUT2D eigenvalue weighted by molar-refractivity contribution is 5.82. The van der Waals surface area contributed by atoms with Crippen molar-refractivity contribution in [2.75, 3.05) is 0 Å². The highest BCUT2D eigenvalue weighted by Gasteiger charge is 2.17. The molecule has 0 saturated carbocycles. The van der Waals surface area contributed by atoms with Crippen LogP contribution < -0.4 is 5.56 Å². The number of hydrogen-bond donors (Lipinski definition) is 0. The summed E-state index contributed by atoms with van der Waals surface area (Å²) in [6.07, 6.45) is 1.61. The number of para-hydroxylation sites is 1. The second-order valence-corrected chi connectivity index (χ2v) is 5.59. The number of nitro benzene ring substituents is 1. The Morgan fingerprint density at radius 3 is 2.42 bits per heavy atom. The van der Waals surface area contributed by atoms with Gasteiger partial charge < -0.3 is 0 Å². The largest absolute Gasteiger partial charge is 0.271 e. The molecule has 0 N–H and O–H groups in total. The van der Waals surface area contributed by atoms with Crippen molar-refractivity contribution in [2.24, 2.45) is 0 Å². The molecule has 126 valence electrons. The Morgan fingerprint density at radius 2 is 1.73 bits per heavy atom. The summed E-state index contributed by atoms with van der Waals surface area (Å²) in [7, 11) is 0. The van der Waals surface area contributed by atoms with Crippen molar-refractivity contribution in [3.05, 3.63) is 93.4 Å². The second kappa shape index (κ2) is 6.21. The van der Waals surface area contributed by atoms with Crippen LogP contribution in [0.1, 0.15) is 0 Å². The molecule has 4 rings (SSSR count). The second-order valence-electron chi connectivity index (χ2n) is 5.59. The van der Waals surface area contributed by atoms with Gasteiger partial charge in [0.2, 0.25) is 0 Å². The predicted octanol–water partition coefficient (Wildman–Crippen LogP) is 3.36. The lowest BCUT2D eigenvalue weighted by Crippen LogP contribution is -2.22. The van der Waals surface area contributed by atoms with E-state index in [1.807, 2.05) is 18.2 Å². The van der Waals surface area contributed by atoms with Gasteiger partial charge in [0, 0.05) is 18.3 Å². The molecule has 0 radical (unpaired) electrons. The molecule has 0 unspecified atom stereocenters. The van der Waals surface area contributed by atoms with Gasteiger partial charge in [-0.05, 0) is 30.3 Å². The van der Waals surface area contributed by atoms with E-state index in [2.05, 4.69) is 9.97 Å². The van der Waals surface area contributed by atoms with Gasteiger partial charge in [-0.15, -0.1) is 0 Å². The first-order chi connectivity index (χ1) is 12.6. The van der Waals surface area contributed by atoms with E-state index < -0.39 is 4.92 Å². The number of aromatic nitrogens is 3. The van der Waals surface area contributed by atoms with E-state index in [4.69, 9.17) is 0 Å². The Kier molecular flexibility index (Phi) is 3.74. The highest BCUT2D eigenvalue weighted by Crippen LogP contribution is 2.23. The maximum atomic E-state index is 13.1. The third kappa shape index (κ3) is 2.61. The average Bonchev–Trinajstić information content (AvgIpc) is 2.68. The summed E-state index contributed by atoms with van der Waals surface area (Å²) in [6.45, 7) is 0. The molecule has 7 nitrogen and oxygen atoms in total. The van der Waals surface area contributed by atoms with Crippen molar-refractivity contribution < 1.29 is 4.92 Å². The molecule has 0 bridgehead atoms. The van der Waals surface area contributed by atoms with Crippen LogP contribution in [0.5, 0.6) is 0 Å². The summed E-state index contributed by atoms with van der Waals surface area (Å²) >= 11 is 0. The number of pyridine rings is 1. The van der Waals surface area contributed by atoms with Crippen molar-refractivity contribution in [3.8, 4) is 17.2 Å². The zero-order valence-corrected chi connectivity index (χ0v) is 13.4. The molecular weight excluding hydrogens is 332 g/mol. The first-order valence-electron chi connectivity index (χ1n) is 7.83. The molecule has 0 fully saturated rings. The first kappa shape index (κ1) is 15.6. The van der Waals surface area contributed by atoms with Gasteiger partial charge in [-0.2, -0.15) is 0 Å². The molecule has 0 aliphatic rings. The summed E-state index contributed by atoms with van der Waals surface area (Å²) in [5.41, 5.74) is 0.982. The van der Waals surface area contributed by atoms with Gasteiger partial charge in [0.15, 0.2) is 5.82 Å². The van der Waals surface area contributed by atoms with Crippen LogP contribution in [0.25, 0.3) is 28.1 Å². The van der Waals surface area contributed by atoms with Gasteiger partial charge in [0.25, 0.3) is 11.2 Å². The predicted molar refractivity (Wildman–Crippen MR) is 97.2 cm³/mol. The Balaban J connectivity index is 2.11. The maximum Gasteiger partial charge on any atom is 0.271 e. The Labute approximate surface area is 147 Å². The molecule has 0 amide bonds. The fraction of sp³-hybridized carbons (Fsp3) is 0. The zero-order chi connectivity index (χ0) is 18.1. The molecule has 2 aromatic heterocycles. The van der Waals surface area contributed by atoms with Crippen LogP contribution in [0.15, 0.2) is 77.7 Å². The van der Waals surface area contributed by atoms with E-state index in [0.29, 0.717) is 22.6 Å². The Bertz CT molecular complexity index is 1170. The van der Waals surface area contributed by atoms with Crippen LogP contribution in [0.2, 0.25) is 0 Å². The molecule has 2 heterocycles. The molecule has 0 saturated heterocycles. The first-order valence-corrected chi connectivity index (χ1v) is 7.83. The van der Waals surface area contributed by atoms with Gasteiger partial charge in [-0.3, -0.25) is 24.5 Å². The maximum absolute atomic E-state index is 13.1. The molecule has 0 aliphatic heterocycles. The number of hydrogen-bond acceptors (Lipinski definition) is 5. The van der Waals surface area contributed by atoms with E-state index in [0.717, 1.165) is 0 Å². The highest BCUT2D eigenvalue weighted by atomic mass is 16.6. The molecule has 26 heavy (non-hydrogen) atoms. The molecule has 7 heteroatoms. The number of nitro groups is 1. The van der Waals surface area contributed by atoms with E-state index >= 15 is 0 Å². The van der Waals surface area contributed by atoms with Crippen LogP contribution in [-0.2, 0) is 0 Å². The monoisotopic (exact) mass is 344 g/mol. The minimum Gasteiger partial charge on any atom is -0.268 e. The number of nitrogens with zero attached hydrogens (tertiary/aromatic N) is 4. The van der Waals surface area contributed by atoms with Crippen molar-refractivity contribution in [1.29, 1.82) is 0 Å². The van der Waals surface area contributed by atoms with Gasteiger partial charge in [0.05, 0.1) is 21.5 Å². The summed E-state index contributed by atoms with van der Waals surface area (Å²) in [5.74, 6) is 0.329. The summed E-state index contributed by atoms with van der Waals surface area (Å²) < 4.78 is 1.47. The van der Waals surface area contributed by atoms with Crippen LogP contribution >= 0.6 is 0 Å². The topological polar surface area (TPSA) is 90.9 Å². The smallest absolute Gasteiger partial charge is 0.268 e. The fourth-order valence-corrected chi connectivity index (χ4v) is 2.77. The normalized spacial score (nSPS) is 10.8. The SMILES string of the molecule is O=c1c2ccc([N+](=O)[O-])cc2nc(-c2ccccn2)n1-c1ccccc1. The van der Waals surface area contributed by atoms with E-state index in [1.165, 1.54) is 22.8 Å². The lowest BCUT2D eigenvalue weighted by molar-refractivity contribution is -0.384. The summed E-state index contributed by atoms with van der Waals surface area (Å²) in [5, 5.41) is 11.4. The van der Waals surface area contributed by atoms with Crippen molar-refractivity contribution in [1.82, 2.24) is 14.5 Å². The zero-order valence-electron chi connectivity index (χ0n) is 13.4. The summed E-state index contributed by atoms with van der Waals surface area (Å²) in [6, 6.07) is 18.4. The Hall–Kier alpha value is -3.87. The number of benzene rings is 2. The average molecular weight is 344 g/mol. The van der Waals surface area contributed by atoms with E-state index in [-0.39, 0.29) is 16.8 Å². The Morgan fingerprint density at radius 1 is 0.962 bits per heavy atom. The van der Waals surface area contributed by atoms with Crippen LogP contribution in [-0.4, -0.2) is 19.5 Å². The molecule has 0 spiro atoms. The quantitative estimate of drug-likeness (QED) is 0.420. The van der Waals surface area contributed by atoms with Gasteiger partial charge in [-0.1, -0.05) is 24.3 Å². The minimum atomic E-state index is -0.510. The van der Waals surface area contributed by atoms with E-state index in [9.17, 15) is 14.9 Å². The number of rotatable bonds is 3. The standard InChI is InChI=1S/C19H12N4O3/c24-19-15-10-9-14(23(25)26)12-17(15)21-18(16-8-4-5-11-20-16)22(19)13-6-2-1-3-7-13/h1-12H. The minimum absolute atomic E-state index is 0.117. The fourth-order valence-electron chi connectivity index (χ4n) is 2.77. The molecule has 0 atom stereocenters. The van der Waals surface area contributed by atoms with Crippen LogP contribution in [0, 0.1) is 10.1 Å². The molecule has 2 aromatic carbocycles. The van der Waals surface area contributed by atoms with Crippen molar-refractivity contribution in [3.63, 3.8) is 0 Å².